The van der Waals surface area contributed by atoms with Crippen molar-refractivity contribution in [3.05, 3.63) is 58.3 Å². The molecule has 0 saturated heterocycles. The van der Waals surface area contributed by atoms with Gasteiger partial charge in [-0.05, 0) is 36.4 Å². The molecule has 0 fully saturated rings. The number of nitrogens with zero attached hydrogens (tertiary/aromatic N) is 2. The fraction of sp³-hybridized carbons (Fsp3) is 0.222. The monoisotopic (exact) mass is 448 g/mol. The van der Waals surface area contributed by atoms with Crippen molar-refractivity contribution in [2.45, 2.75) is 23.7 Å². The molecule has 1 aliphatic rings. The Bertz CT molecular complexity index is 1150. The third-order valence-corrected chi connectivity index (χ3v) is 7.04. The molecule has 5 nitrogen and oxygen atoms in total. The van der Waals surface area contributed by atoms with Crippen LogP contribution in [0.25, 0.3) is 10.9 Å². The Morgan fingerprint density at radius 2 is 1.93 bits per heavy atom. The van der Waals surface area contributed by atoms with Crippen molar-refractivity contribution in [2.24, 2.45) is 0 Å². The van der Waals surface area contributed by atoms with Crippen molar-refractivity contribution < 1.29 is 27.4 Å². The van der Waals surface area contributed by atoms with Crippen LogP contribution >= 0.6 is 20.8 Å². The molecule has 1 unspecified atom stereocenters. The van der Waals surface area contributed by atoms with Gasteiger partial charge >= 0.3 is 11.9 Å². The van der Waals surface area contributed by atoms with Crippen molar-refractivity contribution in [1.29, 1.82) is 0 Å². The number of ether oxygens (including phenoxy) is 1. The Morgan fingerprint density at radius 3 is 2.59 bits per heavy atom. The van der Waals surface area contributed by atoms with Gasteiger partial charge in [-0.15, -0.1) is 10.1 Å². The molecule has 2 aromatic carbocycles. The summed E-state index contributed by atoms with van der Waals surface area (Å²) < 4.78 is 60.0. The van der Waals surface area contributed by atoms with Gasteiger partial charge in [-0.2, -0.15) is 18.2 Å². The van der Waals surface area contributed by atoms with Gasteiger partial charge in [-0.1, -0.05) is 10.7 Å². The maximum absolute atomic E-state index is 13.3. The molecule has 11 heteroatoms. The fourth-order valence-electron chi connectivity index (χ4n) is 3.22. The standard InChI is InChI=1S/C18H13ClF4N2O3S/c19-29-8-12(28-11-3-1-10(20)2-4-11)7-25-15-13(16(26)24-17(25)27)5-9(6-14(15)29)18(21,22)23/h1-6,12,29H,7-8H2,(H,24,26,27)/t12-/m0/s1. The first-order valence-electron chi connectivity index (χ1n) is 8.34. The van der Waals surface area contributed by atoms with Crippen LogP contribution in [-0.4, -0.2) is 26.5 Å². The van der Waals surface area contributed by atoms with Crippen LogP contribution in [0.5, 0.6) is 11.6 Å². The van der Waals surface area contributed by atoms with Crippen LogP contribution < -0.4 is 10.4 Å². The highest BCUT2D eigenvalue weighted by molar-refractivity contribution is 8.36. The molecule has 0 bridgehead atoms. The molecule has 2 heterocycles. The minimum absolute atomic E-state index is 0.0378. The summed E-state index contributed by atoms with van der Waals surface area (Å²) in [6.45, 7) is -0.0378. The van der Waals surface area contributed by atoms with Gasteiger partial charge in [0.15, 0.2) is 0 Å². The van der Waals surface area contributed by atoms with E-state index in [0.29, 0.717) is 5.75 Å². The van der Waals surface area contributed by atoms with Crippen LogP contribution in [0.15, 0.2) is 46.1 Å². The van der Waals surface area contributed by atoms with Gasteiger partial charge in [0.25, 0.3) is 0 Å². The average Bonchev–Trinajstić information content (AvgIpc) is 2.78. The first-order valence-corrected chi connectivity index (χ1v) is 10.8. The third-order valence-electron chi connectivity index (χ3n) is 4.49. The number of halogens is 5. The number of aromatic hydroxyl groups is 1. The van der Waals surface area contributed by atoms with Crippen molar-refractivity contribution in [2.75, 3.05) is 5.75 Å². The van der Waals surface area contributed by atoms with Crippen molar-refractivity contribution in [1.82, 2.24) is 9.55 Å². The van der Waals surface area contributed by atoms with Crippen molar-refractivity contribution in [3.8, 4) is 11.6 Å². The molecule has 3 aromatic rings. The Hall–Kier alpha value is -2.46. The van der Waals surface area contributed by atoms with E-state index in [2.05, 4.69) is 4.98 Å². The second kappa shape index (κ2) is 7.10. The van der Waals surface area contributed by atoms with E-state index >= 15 is 0 Å². The third kappa shape index (κ3) is 3.74. The Balaban J connectivity index is 1.85. The number of hydrogen-bond acceptors (Lipinski definition) is 4. The lowest BCUT2D eigenvalue weighted by Gasteiger charge is -2.20. The second-order valence-corrected chi connectivity index (χ2v) is 9.25. The molecule has 0 aliphatic carbocycles. The van der Waals surface area contributed by atoms with Gasteiger partial charge in [-0.3, -0.25) is 4.57 Å². The SMILES string of the molecule is O=c1nc(O)c2cc(C(F)(F)F)cc3c2n1C[C@H](Oc1ccc(F)cc1)C[SH]3Cl. The zero-order chi connectivity index (χ0) is 20.9. The van der Waals surface area contributed by atoms with Gasteiger partial charge in [-0.25, -0.2) is 9.18 Å². The summed E-state index contributed by atoms with van der Waals surface area (Å²) in [5, 5.41) is 9.82. The summed E-state index contributed by atoms with van der Waals surface area (Å²) in [7, 11) is 4.79. The zero-order valence-electron chi connectivity index (χ0n) is 14.5. The van der Waals surface area contributed by atoms with Crippen LogP contribution in [0.2, 0.25) is 0 Å². The predicted molar refractivity (Wildman–Crippen MR) is 101 cm³/mol. The molecule has 0 saturated carbocycles. The van der Waals surface area contributed by atoms with Gasteiger partial charge in [0.1, 0.15) is 17.7 Å². The summed E-state index contributed by atoms with van der Waals surface area (Å²) in [5.41, 5.74) is -1.71. The van der Waals surface area contributed by atoms with Gasteiger partial charge in [0.2, 0.25) is 5.88 Å². The Labute approximate surface area is 168 Å². The number of aromatic nitrogens is 2. The lowest BCUT2D eigenvalue weighted by Crippen LogP contribution is -2.32. The topological polar surface area (TPSA) is 64.3 Å². The summed E-state index contributed by atoms with van der Waals surface area (Å²) >= 11 is 0. The maximum atomic E-state index is 13.3. The quantitative estimate of drug-likeness (QED) is 0.455. The molecule has 0 radical (unpaired) electrons. The summed E-state index contributed by atoms with van der Waals surface area (Å²) in [4.78, 5) is 15.9. The van der Waals surface area contributed by atoms with Crippen molar-refractivity contribution in [3.63, 3.8) is 0 Å². The maximum Gasteiger partial charge on any atom is 0.416 e. The van der Waals surface area contributed by atoms with E-state index < -0.39 is 45.3 Å². The van der Waals surface area contributed by atoms with E-state index in [1.54, 1.807) is 0 Å². The molecule has 154 valence electrons. The molecule has 1 N–H and O–H groups in total. The molecular weight excluding hydrogens is 436 g/mol. The summed E-state index contributed by atoms with van der Waals surface area (Å²) in [5.74, 6) is -0.765. The fourth-order valence-corrected chi connectivity index (χ4v) is 5.56. The van der Waals surface area contributed by atoms with E-state index in [-0.39, 0.29) is 28.1 Å². The molecular formula is C18H13ClF4N2O3S. The summed E-state index contributed by atoms with van der Waals surface area (Å²) in [6, 6.07) is 6.85. The minimum atomic E-state index is -4.67. The highest BCUT2D eigenvalue weighted by Gasteiger charge is 2.34. The predicted octanol–water partition coefficient (Wildman–Crippen LogP) is 4.24. The van der Waals surface area contributed by atoms with E-state index in [1.165, 1.54) is 24.3 Å². The lowest BCUT2D eigenvalue weighted by molar-refractivity contribution is -0.137. The van der Waals surface area contributed by atoms with Gasteiger partial charge in [0.05, 0.1) is 23.0 Å². The number of hydrogen-bond donors (Lipinski definition) is 2. The molecule has 0 amide bonds. The summed E-state index contributed by atoms with van der Waals surface area (Å²) in [6.07, 6.45) is -5.33. The van der Waals surface area contributed by atoms with E-state index in [1.807, 2.05) is 0 Å². The highest BCUT2D eigenvalue weighted by atomic mass is 35.7. The first kappa shape index (κ1) is 19.8. The van der Waals surface area contributed by atoms with Crippen LogP contribution in [-0.2, 0) is 12.7 Å². The van der Waals surface area contributed by atoms with Crippen LogP contribution in [0.4, 0.5) is 17.6 Å². The van der Waals surface area contributed by atoms with Crippen molar-refractivity contribution >= 4 is 31.7 Å². The Morgan fingerprint density at radius 1 is 1.24 bits per heavy atom. The number of rotatable bonds is 2. The normalized spacial score (nSPS) is 20.4. The van der Waals surface area contributed by atoms with Gasteiger partial charge in [0, 0.05) is 10.6 Å². The molecule has 4 rings (SSSR count). The molecule has 1 aromatic heterocycles. The average molecular weight is 449 g/mol. The largest absolute Gasteiger partial charge is 0.493 e. The zero-order valence-corrected chi connectivity index (χ0v) is 16.1. The second-order valence-electron chi connectivity index (χ2n) is 6.46. The molecule has 2 atom stereocenters. The minimum Gasteiger partial charge on any atom is -0.493 e. The van der Waals surface area contributed by atoms with Crippen LogP contribution in [0.1, 0.15) is 5.56 Å². The molecule has 29 heavy (non-hydrogen) atoms. The number of thiol groups is 1. The smallest absolute Gasteiger partial charge is 0.416 e. The number of alkyl halides is 3. The van der Waals surface area contributed by atoms with Crippen LogP contribution in [0.3, 0.4) is 0 Å². The lowest BCUT2D eigenvalue weighted by atomic mass is 10.1. The van der Waals surface area contributed by atoms with E-state index in [9.17, 15) is 27.5 Å². The van der Waals surface area contributed by atoms with E-state index in [4.69, 9.17) is 15.4 Å². The van der Waals surface area contributed by atoms with Gasteiger partial charge < -0.3 is 9.84 Å². The molecule has 0 spiro atoms. The molecule has 1 aliphatic heterocycles. The highest BCUT2D eigenvalue weighted by Crippen LogP contribution is 2.49. The van der Waals surface area contributed by atoms with Crippen LogP contribution in [0, 0.1) is 5.82 Å². The first-order chi connectivity index (χ1) is 13.6. The number of benzene rings is 2. The van der Waals surface area contributed by atoms with E-state index in [0.717, 1.165) is 16.7 Å². The Kier molecular flexibility index (Phi) is 4.86.